The fourth-order valence-electron chi connectivity index (χ4n) is 3.89. The number of likely N-dealkylation sites (tertiary alicyclic amines) is 1. The summed E-state index contributed by atoms with van der Waals surface area (Å²) in [4.78, 5) is 15.4. The van der Waals surface area contributed by atoms with E-state index < -0.39 is 16.9 Å². The van der Waals surface area contributed by atoms with Gasteiger partial charge in [0.15, 0.2) is 0 Å². The Labute approximate surface area is 162 Å². The Morgan fingerprint density at radius 3 is 2.67 bits per heavy atom. The van der Waals surface area contributed by atoms with Crippen LogP contribution in [0.15, 0.2) is 53.4 Å². The lowest BCUT2D eigenvalue weighted by molar-refractivity contribution is -0.131. The quantitative estimate of drug-likeness (QED) is 0.799. The Kier molecular flexibility index (Phi) is 5.45. The number of halogens is 2. The van der Waals surface area contributed by atoms with Crippen molar-refractivity contribution in [1.82, 2.24) is 10.2 Å². The van der Waals surface area contributed by atoms with Crippen molar-refractivity contribution in [3.05, 3.63) is 65.7 Å². The van der Waals surface area contributed by atoms with Gasteiger partial charge in [-0.05, 0) is 43.0 Å². The predicted molar refractivity (Wildman–Crippen MR) is 103 cm³/mol. The van der Waals surface area contributed by atoms with Gasteiger partial charge in [-0.1, -0.05) is 30.3 Å². The molecule has 2 heterocycles. The van der Waals surface area contributed by atoms with E-state index in [2.05, 4.69) is 5.32 Å². The van der Waals surface area contributed by atoms with Crippen LogP contribution in [0.1, 0.15) is 30.1 Å². The van der Waals surface area contributed by atoms with Gasteiger partial charge in [-0.3, -0.25) is 4.79 Å². The fourth-order valence-corrected chi connectivity index (χ4v) is 5.05. The molecule has 2 saturated heterocycles. The monoisotopic (exact) mass is 388 g/mol. The van der Waals surface area contributed by atoms with Crippen LogP contribution in [0.3, 0.4) is 0 Å². The number of hydrogen-bond donors (Lipinski definition) is 1. The van der Waals surface area contributed by atoms with E-state index >= 15 is 0 Å². The molecule has 2 fully saturated rings. The molecule has 1 N–H and O–H groups in total. The Morgan fingerprint density at radius 1 is 1.07 bits per heavy atom. The second-order valence-corrected chi connectivity index (χ2v) is 8.34. The lowest BCUT2D eigenvalue weighted by Crippen LogP contribution is -2.40. The minimum Gasteiger partial charge on any atom is -0.340 e. The van der Waals surface area contributed by atoms with E-state index in [0.717, 1.165) is 54.8 Å². The molecule has 142 valence electrons. The van der Waals surface area contributed by atoms with E-state index in [1.165, 1.54) is 0 Å². The number of benzene rings is 2. The Bertz CT molecular complexity index is 817. The van der Waals surface area contributed by atoms with Crippen molar-refractivity contribution in [2.75, 3.05) is 13.1 Å². The van der Waals surface area contributed by atoms with Crippen LogP contribution in [0, 0.1) is 11.6 Å². The van der Waals surface area contributed by atoms with E-state index in [1.54, 1.807) is 0 Å². The van der Waals surface area contributed by atoms with Crippen LogP contribution < -0.4 is 5.32 Å². The van der Waals surface area contributed by atoms with Gasteiger partial charge in [0.2, 0.25) is 5.91 Å². The largest absolute Gasteiger partial charge is 0.340 e. The predicted octanol–water partition coefficient (Wildman–Crippen LogP) is 4.15. The number of nitrogens with zero attached hydrogens (tertiary/aromatic N) is 1. The average Bonchev–Trinajstić information content (AvgIpc) is 3.01. The first-order chi connectivity index (χ1) is 13.1. The molecule has 3 nitrogen and oxygen atoms in total. The zero-order chi connectivity index (χ0) is 18.8. The number of fused-ring (bicyclic) bond motifs is 2. The molecule has 0 spiro atoms. The number of amides is 1. The van der Waals surface area contributed by atoms with Gasteiger partial charge >= 0.3 is 0 Å². The summed E-state index contributed by atoms with van der Waals surface area (Å²) in [6.07, 6.45) is 3.18. The first kappa shape index (κ1) is 18.4. The molecule has 0 radical (unpaired) electrons. The highest BCUT2D eigenvalue weighted by Crippen LogP contribution is 2.39. The van der Waals surface area contributed by atoms with Crippen LogP contribution in [0.4, 0.5) is 8.78 Å². The molecule has 3 atom stereocenters. The normalized spacial score (nSPS) is 23.1. The molecule has 4 rings (SSSR count). The van der Waals surface area contributed by atoms with Crippen LogP contribution in [-0.2, 0) is 4.79 Å². The molecule has 2 aliphatic rings. The summed E-state index contributed by atoms with van der Waals surface area (Å²) in [6, 6.07) is 13.5. The molecule has 3 unspecified atom stereocenters. The highest BCUT2D eigenvalue weighted by Gasteiger charge is 2.34. The van der Waals surface area contributed by atoms with Gasteiger partial charge in [-0.15, -0.1) is 11.8 Å². The summed E-state index contributed by atoms with van der Waals surface area (Å²) in [5.41, 5.74) is 0.804. The number of carbonyl (C=O) groups excluding carboxylic acids is 1. The van der Waals surface area contributed by atoms with Crippen molar-refractivity contribution in [2.45, 2.75) is 41.5 Å². The van der Waals surface area contributed by atoms with Crippen LogP contribution in [-0.4, -0.2) is 36.0 Å². The first-order valence-electron chi connectivity index (χ1n) is 9.31. The second kappa shape index (κ2) is 7.98. The molecule has 6 heteroatoms. The molecule has 0 aromatic heterocycles. The van der Waals surface area contributed by atoms with Gasteiger partial charge in [0, 0.05) is 30.1 Å². The van der Waals surface area contributed by atoms with Crippen molar-refractivity contribution in [2.24, 2.45) is 0 Å². The zero-order valence-electron chi connectivity index (χ0n) is 14.9. The Balaban J connectivity index is 1.61. The van der Waals surface area contributed by atoms with Gasteiger partial charge in [0.05, 0.1) is 0 Å². The van der Waals surface area contributed by atoms with E-state index in [0.29, 0.717) is 25.2 Å². The van der Waals surface area contributed by atoms with Crippen molar-refractivity contribution >= 4 is 17.7 Å². The number of thioether (sulfide) groups is 1. The molecule has 2 bridgehead atoms. The Hall–Kier alpha value is -1.92. The molecule has 0 aliphatic carbocycles. The molecular weight excluding hydrogens is 366 g/mol. The molecule has 2 aromatic rings. The maximum atomic E-state index is 14.2. The van der Waals surface area contributed by atoms with Gasteiger partial charge in [-0.2, -0.15) is 0 Å². The van der Waals surface area contributed by atoms with Gasteiger partial charge in [0.1, 0.15) is 16.9 Å². The van der Waals surface area contributed by atoms with E-state index in [1.807, 2.05) is 35.2 Å². The standard InChI is InChI=1S/C21H22F2N2OS/c22-15-6-9-18(23)19(12-15)27-20(14-4-2-1-3-5-14)21(26)25-11-10-16-7-8-17(13-25)24-16/h1-6,9,12,16-17,20,24H,7-8,10-11,13H2. The summed E-state index contributed by atoms with van der Waals surface area (Å²) in [5.74, 6) is -1.05. The number of hydrogen-bond acceptors (Lipinski definition) is 3. The van der Waals surface area contributed by atoms with E-state index in [9.17, 15) is 13.6 Å². The number of nitrogens with one attached hydrogen (secondary N) is 1. The molecular formula is C21H22F2N2OS. The maximum absolute atomic E-state index is 14.2. The van der Waals surface area contributed by atoms with Crippen LogP contribution in [0.25, 0.3) is 0 Å². The molecule has 0 saturated carbocycles. The van der Waals surface area contributed by atoms with E-state index in [-0.39, 0.29) is 10.8 Å². The highest BCUT2D eigenvalue weighted by molar-refractivity contribution is 8.00. The third kappa shape index (κ3) is 4.17. The summed E-state index contributed by atoms with van der Waals surface area (Å²) < 4.78 is 27.8. The lowest BCUT2D eigenvalue weighted by Gasteiger charge is -2.28. The first-order valence-corrected chi connectivity index (χ1v) is 10.2. The third-order valence-electron chi connectivity index (χ3n) is 5.30. The summed E-state index contributed by atoms with van der Waals surface area (Å²) >= 11 is 1.08. The smallest absolute Gasteiger partial charge is 0.240 e. The van der Waals surface area contributed by atoms with Gasteiger partial charge in [0.25, 0.3) is 0 Å². The second-order valence-electron chi connectivity index (χ2n) is 7.19. The molecule has 27 heavy (non-hydrogen) atoms. The third-order valence-corrected chi connectivity index (χ3v) is 6.58. The van der Waals surface area contributed by atoms with Crippen molar-refractivity contribution in [3.63, 3.8) is 0 Å². The molecule has 2 aromatic carbocycles. The zero-order valence-corrected chi connectivity index (χ0v) is 15.7. The van der Waals surface area contributed by atoms with Crippen molar-refractivity contribution in [1.29, 1.82) is 0 Å². The fraction of sp³-hybridized carbons (Fsp3) is 0.381. The highest BCUT2D eigenvalue weighted by atomic mass is 32.2. The summed E-state index contributed by atoms with van der Waals surface area (Å²) in [7, 11) is 0. The average molecular weight is 388 g/mol. The van der Waals surface area contributed by atoms with E-state index in [4.69, 9.17) is 0 Å². The minimum absolute atomic E-state index is 0.0378. The summed E-state index contributed by atoms with van der Waals surface area (Å²) in [6.45, 7) is 1.37. The van der Waals surface area contributed by atoms with Crippen LogP contribution in [0.5, 0.6) is 0 Å². The topological polar surface area (TPSA) is 32.3 Å². The minimum atomic E-state index is -0.598. The SMILES string of the molecule is O=C(C(Sc1cc(F)ccc1F)c1ccccc1)N1CCC2CCC(C1)N2. The van der Waals surface area contributed by atoms with Crippen molar-refractivity contribution in [3.8, 4) is 0 Å². The van der Waals surface area contributed by atoms with Gasteiger partial charge in [-0.25, -0.2) is 8.78 Å². The maximum Gasteiger partial charge on any atom is 0.240 e. The molecule has 1 amide bonds. The van der Waals surface area contributed by atoms with Crippen LogP contribution >= 0.6 is 11.8 Å². The Morgan fingerprint density at radius 2 is 1.85 bits per heavy atom. The molecule has 2 aliphatic heterocycles. The summed E-state index contributed by atoms with van der Waals surface area (Å²) in [5, 5.41) is 2.97. The lowest BCUT2D eigenvalue weighted by atomic mass is 10.1. The van der Waals surface area contributed by atoms with Crippen LogP contribution in [0.2, 0.25) is 0 Å². The van der Waals surface area contributed by atoms with Crippen molar-refractivity contribution < 1.29 is 13.6 Å². The number of carbonyl (C=O) groups is 1. The van der Waals surface area contributed by atoms with Gasteiger partial charge < -0.3 is 10.2 Å². The number of rotatable bonds is 4.